The minimum atomic E-state index is 0.107. The third-order valence-electron chi connectivity index (χ3n) is 4.94. The molecule has 0 spiro atoms. The van der Waals surface area contributed by atoms with Crippen LogP contribution in [0.4, 0.5) is 0 Å². The molecule has 142 valence electrons. The molecule has 0 radical (unpaired) electrons. The van der Waals surface area contributed by atoms with Crippen LogP contribution < -0.4 is 0 Å². The van der Waals surface area contributed by atoms with Gasteiger partial charge in [0.1, 0.15) is 0 Å². The number of aryl methyl sites for hydroxylation is 1. The summed E-state index contributed by atoms with van der Waals surface area (Å²) in [5, 5.41) is 0.672. The second-order valence-corrected chi connectivity index (χ2v) is 7.34. The van der Waals surface area contributed by atoms with E-state index in [1.807, 2.05) is 52.3 Å². The van der Waals surface area contributed by atoms with Crippen LogP contribution in [0.25, 0.3) is 0 Å². The summed E-state index contributed by atoms with van der Waals surface area (Å²) in [5.41, 5.74) is 2.14. The molecular formula is C22H25ClN2O2. The van der Waals surface area contributed by atoms with Gasteiger partial charge < -0.3 is 9.80 Å². The van der Waals surface area contributed by atoms with Gasteiger partial charge in [-0.05, 0) is 36.1 Å². The third-order valence-corrected chi connectivity index (χ3v) is 5.19. The Labute approximate surface area is 165 Å². The summed E-state index contributed by atoms with van der Waals surface area (Å²) in [6, 6.07) is 17.5. The van der Waals surface area contributed by atoms with E-state index in [0.29, 0.717) is 37.5 Å². The first-order chi connectivity index (χ1) is 13.1. The first kappa shape index (κ1) is 19.4. The Balaban J connectivity index is 1.48. The van der Waals surface area contributed by atoms with E-state index in [-0.39, 0.29) is 11.8 Å². The van der Waals surface area contributed by atoms with E-state index in [9.17, 15) is 9.59 Å². The Kier molecular flexibility index (Phi) is 6.88. The molecule has 0 atom stereocenters. The summed E-state index contributed by atoms with van der Waals surface area (Å²) >= 11 is 5.90. The van der Waals surface area contributed by atoms with Crippen LogP contribution in [-0.4, -0.2) is 47.8 Å². The fourth-order valence-corrected chi connectivity index (χ4v) is 3.48. The van der Waals surface area contributed by atoms with Crippen molar-refractivity contribution in [3.8, 4) is 0 Å². The monoisotopic (exact) mass is 384 g/mol. The first-order valence-corrected chi connectivity index (χ1v) is 9.83. The lowest BCUT2D eigenvalue weighted by Crippen LogP contribution is -2.38. The average Bonchev–Trinajstić information content (AvgIpc) is 2.95. The highest BCUT2D eigenvalue weighted by molar-refractivity contribution is 6.30. The second-order valence-electron chi connectivity index (χ2n) is 6.90. The van der Waals surface area contributed by atoms with Crippen molar-refractivity contribution >= 4 is 23.4 Å². The van der Waals surface area contributed by atoms with E-state index in [0.717, 1.165) is 24.9 Å². The van der Waals surface area contributed by atoms with Crippen molar-refractivity contribution in [2.45, 2.75) is 25.7 Å². The van der Waals surface area contributed by atoms with Gasteiger partial charge in [0, 0.05) is 37.6 Å². The van der Waals surface area contributed by atoms with Gasteiger partial charge in [0.05, 0.1) is 6.42 Å². The molecule has 0 bridgehead atoms. The Morgan fingerprint density at radius 3 is 2.07 bits per heavy atom. The largest absolute Gasteiger partial charge is 0.341 e. The van der Waals surface area contributed by atoms with Crippen LogP contribution in [0.2, 0.25) is 5.02 Å². The van der Waals surface area contributed by atoms with Crippen molar-refractivity contribution < 1.29 is 9.59 Å². The maximum atomic E-state index is 12.6. The van der Waals surface area contributed by atoms with Gasteiger partial charge in [-0.2, -0.15) is 0 Å². The average molecular weight is 385 g/mol. The molecule has 5 heteroatoms. The SMILES string of the molecule is O=C(CCc1ccccc1)N1CCCN(C(=O)Cc2ccc(Cl)cc2)CC1. The topological polar surface area (TPSA) is 40.6 Å². The summed E-state index contributed by atoms with van der Waals surface area (Å²) in [4.78, 5) is 28.9. The highest BCUT2D eigenvalue weighted by atomic mass is 35.5. The van der Waals surface area contributed by atoms with E-state index >= 15 is 0 Å². The summed E-state index contributed by atoms with van der Waals surface area (Å²) in [5.74, 6) is 0.279. The fourth-order valence-electron chi connectivity index (χ4n) is 3.36. The molecular weight excluding hydrogens is 360 g/mol. The lowest BCUT2D eigenvalue weighted by atomic mass is 10.1. The predicted octanol–water partition coefficient (Wildman–Crippen LogP) is 3.58. The molecule has 3 rings (SSSR count). The quantitative estimate of drug-likeness (QED) is 0.790. The lowest BCUT2D eigenvalue weighted by molar-refractivity contribution is -0.133. The van der Waals surface area contributed by atoms with Crippen LogP contribution in [-0.2, 0) is 22.4 Å². The molecule has 0 unspecified atom stereocenters. The van der Waals surface area contributed by atoms with Crippen molar-refractivity contribution in [3.63, 3.8) is 0 Å². The number of nitrogens with zero attached hydrogens (tertiary/aromatic N) is 2. The van der Waals surface area contributed by atoms with E-state index in [1.165, 1.54) is 5.56 Å². The van der Waals surface area contributed by atoms with E-state index in [1.54, 1.807) is 12.1 Å². The van der Waals surface area contributed by atoms with E-state index in [4.69, 9.17) is 11.6 Å². The third kappa shape index (κ3) is 5.83. The van der Waals surface area contributed by atoms with Crippen LogP contribution in [0.3, 0.4) is 0 Å². The number of halogens is 1. The molecule has 2 aromatic rings. The number of carbonyl (C=O) groups is 2. The van der Waals surface area contributed by atoms with Crippen LogP contribution >= 0.6 is 11.6 Å². The molecule has 0 aliphatic carbocycles. The van der Waals surface area contributed by atoms with Gasteiger partial charge in [0.25, 0.3) is 0 Å². The van der Waals surface area contributed by atoms with Crippen molar-refractivity contribution in [1.82, 2.24) is 9.80 Å². The number of carbonyl (C=O) groups excluding carboxylic acids is 2. The maximum absolute atomic E-state index is 12.6. The smallest absolute Gasteiger partial charge is 0.227 e. The molecule has 0 saturated carbocycles. The number of hydrogen-bond acceptors (Lipinski definition) is 2. The van der Waals surface area contributed by atoms with E-state index in [2.05, 4.69) is 0 Å². The van der Waals surface area contributed by atoms with Gasteiger partial charge in [0.2, 0.25) is 11.8 Å². The molecule has 1 fully saturated rings. The zero-order chi connectivity index (χ0) is 19.1. The molecule has 1 aliphatic rings. The standard InChI is InChI=1S/C22H25ClN2O2/c23-20-10-7-19(8-11-20)17-22(27)25-14-4-13-24(15-16-25)21(26)12-9-18-5-2-1-3-6-18/h1-3,5-8,10-11H,4,9,12-17H2. The molecule has 4 nitrogen and oxygen atoms in total. The maximum Gasteiger partial charge on any atom is 0.227 e. The normalized spacial score (nSPS) is 14.7. The summed E-state index contributed by atoms with van der Waals surface area (Å²) in [7, 11) is 0. The number of amides is 2. The van der Waals surface area contributed by atoms with Crippen molar-refractivity contribution in [2.75, 3.05) is 26.2 Å². The zero-order valence-electron chi connectivity index (χ0n) is 15.4. The van der Waals surface area contributed by atoms with Crippen molar-refractivity contribution in [1.29, 1.82) is 0 Å². The molecule has 0 aromatic heterocycles. The Morgan fingerprint density at radius 1 is 0.778 bits per heavy atom. The fraction of sp³-hybridized carbons (Fsp3) is 0.364. The predicted molar refractivity (Wildman–Crippen MR) is 108 cm³/mol. The summed E-state index contributed by atoms with van der Waals surface area (Å²) in [6.45, 7) is 2.64. The molecule has 1 aliphatic heterocycles. The summed E-state index contributed by atoms with van der Waals surface area (Å²) in [6.07, 6.45) is 2.47. The van der Waals surface area contributed by atoms with Crippen molar-refractivity contribution in [2.24, 2.45) is 0 Å². The molecule has 27 heavy (non-hydrogen) atoms. The number of benzene rings is 2. The summed E-state index contributed by atoms with van der Waals surface area (Å²) < 4.78 is 0. The Morgan fingerprint density at radius 2 is 1.41 bits per heavy atom. The Bertz CT molecular complexity index is 762. The van der Waals surface area contributed by atoms with E-state index < -0.39 is 0 Å². The van der Waals surface area contributed by atoms with Gasteiger partial charge in [-0.1, -0.05) is 54.1 Å². The molecule has 1 saturated heterocycles. The molecule has 1 heterocycles. The zero-order valence-corrected chi connectivity index (χ0v) is 16.2. The van der Waals surface area contributed by atoms with Gasteiger partial charge >= 0.3 is 0 Å². The number of hydrogen-bond donors (Lipinski definition) is 0. The van der Waals surface area contributed by atoms with Gasteiger partial charge in [-0.3, -0.25) is 9.59 Å². The van der Waals surface area contributed by atoms with Crippen molar-refractivity contribution in [3.05, 3.63) is 70.7 Å². The Hall–Kier alpha value is -2.33. The highest BCUT2D eigenvalue weighted by Crippen LogP contribution is 2.13. The first-order valence-electron chi connectivity index (χ1n) is 9.46. The van der Waals surface area contributed by atoms with Gasteiger partial charge in [-0.15, -0.1) is 0 Å². The van der Waals surface area contributed by atoms with Gasteiger partial charge in [0.15, 0.2) is 0 Å². The number of rotatable bonds is 5. The van der Waals surface area contributed by atoms with Crippen LogP contribution in [0.1, 0.15) is 24.0 Å². The van der Waals surface area contributed by atoms with Crippen LogP contribution in [0.5, 0.6) is 0 Å². The minimum Gasteiger partial charge on any atom is -0.341 e. The minimum absolute atomic E-state index is 0.107. The molecule has 2 aromatic carbocycles. The lowest BCUT2D eigenvalue weighted by Gasteiger charge is -2.22. The van der Waals surface area contributed by atoms with Crippen LogP contribution in [0, 0.1) is 0 Å². The molecule has 2 amide bonds. The second kappa shape index (κ2) is 9.56. The highest BCUT2D eigenvalue weighted by Gasteiger charge is 2.21. The van der Waals surface area contributed by atoms with Gasteiger partial charge in [-0.25, -0.2) is 0 Å². The van der Waals surface area contributed by atoms with Crippen LogP contribution in [0.15, 0.2) is 54.6 Å². The molecule has 0 N–H and O–H groups in total.